The second-order valence-corrected chi connectivity index (χ2v) is 5.60. The summed E-state index contributed by atoms with van der Waals surface area (Å²) in [6, 6.07) is 40.2. The summed E-state index contributed by atoms with van der Waals surface area (Å²) < 4.78 is 0. The summed E-state index contributed by atoms with van der Waals surface area (Å²) in [5.74, 6) is 0. The zero-order valence-corrected chi connectivity index (χ0v) is 14.4. The van der Waals surface area contributed by atoms with Crippen molar-refractivity contribution in [2.75, 3.05) is 0 Å². The van der Waals surface area contributed by atoms with Crippen molar-refractivity contribution >= 4 is 11.4 Å². The van der Waals surface area contributed by atoms with Crippen LogP contribution in [0, 0.1) is 0 Å². The Kier molecular flexibility index (Phi) is 6.46. The van der Waals surface area contributed by atoms with E-state index in [1.54, 1.807) is 0 Å². The van der Waals surface area contributed by atoms with E-state index in [4.69, 9.17) is 0 Å². The summed E-state index contributed by atoms with van der Waals surface area (Å²) in [5, 5.41) is 8.20. The molecule has 126 valence electrons. The van der Waals surface area contributed by atoms with E-state index in [9.17, 15) is 0 Å². The Hall–Kier alpha value is -3.52. The lowest BCUT2D eigenvalue weighted by atomic mass is 10.1. The molecule has 0 atom stereocenters. The highest BCUT2D eigenvalue weighted by Crippen LogP contribution is 2.17. The molecule has 0 aliphatic carbocycles. The van der Waals surface area contributed by atoms with Gasteiger partial charge in [-0.1, -0.05) is 97.1 Å². The minimum absolute atomic E-state index is 0.872. The summed E-state index contributed by atoms with van der Waals surface area (Å²) in [6.07, 6.45) is 0. The Labute approximate surface area is 154 Å². The lowest BCUT2D eigenvalue weighted by Crippen LogP contribution is -1.73. The third-order valence-electron chi connectivity index (χ3n) is 3.67. The van der Waals surface area contributed by atoms with Crippen molar-refractivity contribution < 1.29 is 0 Å². The number of hydrogen-bond donors (Lipinski definition) is 0. The molecular weight excluding hydrogens is 316 g/mol. The fourth-order valence-electron chi connectivity index (χ4n) is 2.37. The van der Waals surface area contributed by atoms with Gasteiger partial charge in [0.1, 0.15) is 0 Å². The summed E-state index contributed by atoms with van der Waals surface area (Å²) in [6.45, 7) is 0. The molecule has 0 fully saturated rings. The average molecular weight is 336 g/mol. The van der Waals surface area contributed by atoms with Crippen molar-refractivity contribution in [3.8, 4) is 11.1 Å². The zero-order chi connectivity index (χ0) is 17.9. The Balaban J connectivity index is 0.000000152. The molecule has 0 radical (unpaired) electrons. The van der Waals surface area contributed by atoms with Gasteiger partial charge in [0.25, 0.3) is 0 Å². The number of nitrogens with zero attached hydrogens (tertiary/aromatic N) is 2. The van der Waals surface area contributed by atoms with Crippen LogP contribution in [-0.2, 0) is 0 Å². The van der Waals surface area contributed by atoms with Crippen LogP contribution >= 0.6 is 0 Å². The summed E-state index contributed by atoms with van der Waals surface area (Å²) >= 11 is 0. The predicted molar refractivity (Wildman–Crippen MR) is 109 cm³/mol. The van der Waals surface area contributed by atoms with Crippen molar-refractivity contribution in [3.63, 3.8) is 0 Å². The van der Waals surface area contributed by atoms with Crippen molar-refractivity contribution in [1.29, 1.82) is 0 Å². The number of benzene rings is 4. The van der Waals surface area contributed by atoms with Crippen LogP contribution in [0.3, 0.4) is 0 Å². The summed E-state index contributed by atoms with van der Waals surface area (Å²) in [4.78, 5) is 0. The second kappa shape index (κ2) is 9.70. The highest BCUT2D eigenvalue weighted by atomic mass is 15.1. The third-order valence-corrected chi connectivity index (χ3v) is 3.67. The van der Waals surface area contributed by atoms with E-state index in [0.29, 0.717) is 0 Å². The van der Waals surface area contributed by atoms with Crippen molar-refractivity contribution in [2.24, 2.45) is 10.2 Å². The molecule has 0 saturated heterocycles. The molecule has 0 aliphatic heterocycles. The maximum absolute atomic E-state index is 4.10. The van der Waals surface area contributed by atoms with Crippen LogP contribution in [0.15, 0.2) is 132 Å². The molecule has 0 bridgehead atoms. The van der Waals surface area contributed by atoms with Crippen LogP contribution < -0.4 is 0 Å². The molecule has 0 amide bonds. The molecule has 4 aromatic carbocycles. The van der Waals surface area contributed by atoms with Gasteiger partial charge in [0, 0.05) is 0 Å². The van der Waals surface area contributed by atoms with Gasteiger partial charge in [0.05, 0.1) is 11.4 Å². The molecule has 4 rings (SSSR count). The number of hydrogen-bond acceptors (Lipinski definition) is 2. The first-order chi connectivity index (χ1) is 12.9. The Morgan fingerprint density at radius 1 is 0.308 bits per heavy atom. The van der Waals surface area contributed by atoms with E-state index in [2.05, 4.69) is 58.8 Å². The van der Waals surface area contributed by atoms with Gasteiger partial charge in [-0.2, -0.15) is 10.2 Å². The van der Waals surface area contributed by atoms with E-state index >= 15 is 0 Å². The normalized spacial score (nSPS) is 10.2. The topological polar surface area (TPSA) is 24.7 Å². The van der Waals surface area contributed by atoms with E-state index in [-0.39, 0.29) is 0 Å². The van der Waals surface area contributed by atoms with E-state index < -0.39 is 0 Å². The van der Waals surface area contributed by atoms with Crippen molar-refractivity contribution in [3.05, 3.63) is 121 Å². The highest BCUT2D eigenvalue weighted by molar-refractivity contribution is 5.62. The molecule has 2 heteroatoms. The summed E-state index contributed by atoms with van der Waals surface area (Å²) in [7, 11) is 0. The minimum atomic E-state index is 0.872. The SMILES string of the molecule is c1ccc(-c2ccccc2)cc1.c1ccc(/N=N/c2ccccc2)cc1. The molecule has 0 aromatic heterocycles. The molecule has 2 nitrogen and oxygen atoms in total. The van der Waals surface area contributed by atoms with Crippen molar-refractivity contribution in [1.82, 2.24) is 0 Å². The monoisotopic (exact) mass is 336 g/mol. The van der Waals surface area contributed by atoms with Gasteiger partial charge in [-0.15, -0.1) is 0 Å². The second-order valence-electron chi connectivity index (χ2n) is 5.60. The molecule has 0 N–H and O–H groups in total. The van der Waals surface area contributed by atoms with Crippen LogP contribution in [-0.4, -0.2) is 0 Å². The molecular formula is C24H20N2. The Morgan fingerprint density at radius 2 is 0.577 bits per heavy atom. The van der Waals surface area contributed by atoms with Crippen LogP contribution in [0.5, 0.6) is 0 Å². The van der Waals surface area contributed by atoms with Crippen LogP contribution in [0.25, 0.3) is 11.1 Å². The lowest BCUT2D eigenvalue weighted by molar-refractivity contribution is 1.23. The maximum atomic E-state index is 4.10. The van der Waals surface area contributed by atoms with Gasteiger partial charge in [-0.05, 0) is 35.4 Å². The van der Waals surface area contributed by atoms with Crippen LogP contribution in [0.2, 0.25) is 0 Å². The summed E-state index contributed by atoms with van der Waals surface area (Å²) in [5.41, 5.74) is 4.30. The molecule has 0 spiro atoms. The maximum Gasteiger partial charge on any atom is 0.0857 e. The largest absolute Gasteiger partial charge is 0.151 e. The molecule has 4 aromatic rings. The smallest absolute Gasteiger partial charge is 0.0857 e. The average Bonchev–Trinajstić information content (AvgIpc) is 2.75. The molecule has 26 heavy (non-hydrogen) atoms. The fourth-order valence-corrected chi connectivity index (χ4v) is 2.37. The van der Waals surface area contributed by atoms with E-state index in [0.717, 1.165) is 11.4 Å². The predicted octanol–water partition coefficient (Wildman–Crippen LogP) is 7.46. The van der Waals surface area contributed by atoms with Crippen molar-refractivity contribution in [2.45, 2.75) is 0 Å². The van der Waals surface area contributed by atoms with Gasteiger partial charge in [-0.25, -0.2) is 0 Å². The molecule has 0 saturated carbocycles. The third kappa shape index (κ3) is 5.53. The Morgan fingerprint density at radius 3 is 0.885 bits per heavy atom. The molecule has 0 aliphatic rings. The minimum Gasteiger partial charge on any atom is -0.151 e. The highest BCUT2D eigenvalue weighted by Gasteiger charge is 1.91. The first-order valence-corrected chi connectivity index (χ1v) is 8.54. The quantitative estimate of drug-likeness (QED) is 0.347. The standard InChI is InChI=1S/C12H10N2.C12H10/c1-3-7-11(8-4-1)13-14-12-9-5-2-6-10-12;1-3-7-11(8-4-1)12-9-5-2-6-10-12/h1-10H;1-10H/b14-13+;. The van der Waals surface area contributed by atoms with E-state index in [1.165, 1.54) is 11.1 Å². The van der Waals surface area contributed by atoms with Crippen LogP contribution in [0.4, 0.5) is 11.4 Å². The molecule has 0 heterocycles. The van der Waals surface area contributed by atoms with Gasteiger partial charge < -0.3 is 0 Å². The van der Waals surface area contributed by atoms with Gasteiger partial charge in [-0.3, -0.25) is 0 Å². The lowest BCUT2D eigenvalue weighted by Gasteiger charge is -1.98. The Bertz CT molecular complexity index is 824. The van der Waals surface area contributed by atoms with Gasteiger partial charge >= 0.3 is 0 Å². The van der Waals surface area contributed by atoms with Crippen LogP contribution in [0.1, 0.15) is 0 Å². The van der Waals surface area contributed by atoms with E-state index in [1.807, 2.05) is 72.8 Å². The first kappa shape index (κ1) is 17.3. The number of rotatable bonds is 3. The molecule has 0 unspecified atom stereocenters. The van der Waals surface area contributed by atoms with Gasteiger partial charge in [0.15, 0.2) is 0 Å². The zero-order valence-electron chi connectivity index (χ0n) is 14.4. The number of azo groups is 1. The first-order valence-electron chi connectivity index (χ1n) is 8.54. The fraction of sp³-hybridized carbons (Fsp3) is 0. The van der Waals surface area contributed by atoms with Gasteiger partial charge in [0.2, 0.25) is 0 Å².